The van der Waals surface area contributed by atoms with Crippen LogP contribution in [-0.2, 0) is 6.42 Å². The Morgan fingerprint density at radius 1 is 1.25 bits per heavy atom. The van der Waals surface area contributed by atoms with Crippen molar-refractivity contribution in [3.63, 3.8) is 0 Å². The van der Waals surface area contributed by atoms with Crippen LogP contribution in [0.15, 0.2) is 30.7 Å². The summed E-state index contributed by atoms with van der Waals surface area (Å²) >= 11 is 0. The van der Waals surface area contributed by atoms with Gasteiger partial charge in [0.05, 0.1) is 36.1 Å². The number of hydrogen-bond donors (Lipinski definition) is 0. The molecule has 0 spiro atoms. The Morgan fingerprint density at radius 2 is 2.12 bits per heavy atom. The molecular weight excluding hydrogens is 302 g/mol. The average molecular weight is 319 g/mol. The largest absolute Gasteiger partial charge is 0.497 e. The fourth-order valence-electron chi connectivity index (χ4n) is 2.82. The molecule has 1 aliphatic rings. The van der Waals surface area contributed by atoms with E-state index in [1.165, 1.54) is 0 Å². The van der Waals surface area contributed by atoms with E-state index in [0.29, 0.717) is 12.3 Å². The van der Waals surface area contributed by atoms with E-state index in [0.717, 1.165) is 34.2 Å². The normalized spacial score (nSPS) is 11.8. The number of rotatable bonds is 1. The first-order valence-corrected chi connectivity index (χ1v) is 7.83. The maximum absolute atomic E-state index is 5.36. The van der Waals surface area contributed by atoms with Crippen LogP contribution in [0.25, 0.3) is 11.4 Å². The van der Waals surface area contributed by atoms with Crippen LogP contribution in [0.5, 0.6) is 5.75 Å². The summed E-state index contributed by atoms with van der Waals surface area (Å²) in [6.07, 6.45) is 4.28. The standard InChI is InChI=1S/C18H17N5O/c1-12(2)4-6-15-17-8-13-10-20-21-23(13)18-9-14(24-3)5-7-16(18)22(17)11-19-15/h5,7,9-12H,8H2,1-3H3. The highest BCUT2D eigenvalue weighted by Gasteiger charge is 2.23. The Balaban J connectivity index is 1.96. The fraction of sp³-hybridized carbons (Fsp3) is 0.278. The van der Waals surface area contributed by atoms with Gasteiger partial charge in [0.15, 0.2) is 0 Å². The third-order valence-corrected chi connectivity index (χ3v) is 3.98. The molecule has 0 fully saturated rings. The van der Waals surface area contributed by atoms with Gasteiger partial charge in [0, 0.05) is 18.4 Å². The van der Waals surface area contributed by atoms with Crippen LogP contribution in [0, 0.1) is 17.8 Å². The summed E-state index contributed by atoms with van der Waals surface area (Å²) in [4.78, 5) is 4.52. The van der Waals surface area contributed by atoms with E-state index in [4.69, 9.17) is 4.74 Å². The van der Waals surface area contributed by atoms with Crippen molar-refractivity contribution in [3.8, 4) is 29.0 Å². The molecule has 24 heavy (non-hydrogen) atoms. The maximum atomic E-state index is 5.36. The van der Waals surface area contributed by atoms with Gasteiger partial charge in [-0.2, -0.15) is 0 Å². The number of aromatic nitrogens is 5. The van der Waals surface area contributed by atoms with Crippen molar-refractivity contribution in [2.45, 2.75) is 20.3 Å². The first-order valence-electron chi connectivity index (χ1n) is 7.83. The molecule has 3 heterocycles. The zero-order valence-electron chi connectivity index (χ0n) is 13.8. The molecule has 0 amide bonds. The molecule has 1 aromatic carbocycles. The van der Waals surface area contributed by atoms with Gasteiger partial charge in [-0.25, -0.2) is 9.67 Å². The van der Waals surface area contributed by atoms with E-state index < -0.39 is 0 Å². The van der Waals surface area contributed by atoms with Crippen LogP contribution in [0.1, 0.15) is 30.9 Å². The number of imidazole rings is 1. The molecule has 0 unspecified atom stereocenters. The number of methoxy groups -OCH3 is 1. The summed E-state index contributed by atoms with van der Waals surface area (Å²) in [5.74, 6) is 7.47. The summed E-state index contributed by atoms with van der Waals surface area (Å²) in [5, 5.41) is 8.31. The van der Waals surface area contributed by atoms with Gasteiger partial charge in [-0.05, 0) is 18.1 Å². The molecule has 4 rings (SSSR count). The predicted molar refractivity (Wildman–Crippen MR) is 89.6 cm³/mol. The fourth-order valence-corrected chi connectivity index (χ4v) is 2.82. The van der Waals surface area contributed by atoms with Crippen molar-refractivity contribution in [1.29, 1.82) is 0 Å². The van der Waals surface area contributed by atoms with Gasteiger partial charge in [-0.15, -0.1) is 5.10 Å². The highest BCUT2D eigenvalue weighted by Crippen LogP contribution is 2.30. The van der Waals surface area contributed by atoms with Gasteiger partial charge in [0.2, 0.25) is 0 Å². The molecule has 3 aromatic rings. The van der Waals surface area contributed by atoms with Gasteiger partial charge < -0.3 is 4.74 Å². The highest BCUT2D eigenvalue weighted by atomic mass is 16.5. The van der Waals surface area contributed by atoms with Crippen molar-refractivity contribution < 1.29 is 4.74 Å². The molecule has 0 N–H and O–H groups in total. The van der Waals surface area contributed by atoms with Crippen molar-refractivity contribution >= 4 is 0 Å². The number of nitrogens with zero attached hydrogens (tertiary/aromatic N) is 5. The lowest BCUT2D eigenvalue weighted by atomic mass is 10.2. The van der Waals surface area contributed by atoms with Crippen LogP contribution < -0.4 is 4.74 Å². The third kappa shape index (κ3) is 2.26. The maximum Gasteiger partial charge on any atom is 0.135 e. The summed E-state index contributed by atoms with van der Waals surface area (Å²) in [6.45, 7) is 4.14. The third-order valence-electron chi connectivity index (χ3n) is 3.98. The van der Waals surface area contributed by atoms with Crippen molar-refractivity contribution in [3.05, 3.63) is 47.8 Å². The van der Waals surface area contributed by atoms with E-state index in [9.17, 15) is 0 Å². The molecule has 0 saturated heterocycles. The minimum absolute atomic E-state index is 0.303. The molecule has 0 radical (unpaired) electrons. The average Bonchev–Trinajstić information content (AvgIpc) is 3.17. The predicted octanol–water partition coefficient (Wildman–Crippen LogP) is 2.37. The van der Waals surface area contributed by atoms with Gasteiger partial charge in [0.25, 0.3) is 0 Å². The molecule has 120 valence electrons. The lowest BCUT2D eigenvalue weighted by molar-refractivity contribution is 0.414. The van der Waals surface area contributed by atoms with E-state index in [2.05, 4.69) is 45.6 Å². The molecule has 2 aromatic heterocycles. The molecule has 0 aliphatic carbocycles. The topological polar surface area (TPSA) is 57.8 Å². The van der Waals surface area contributed by atoms with Gasteiger partial charge >= 0.3 is 0 Å². The minimum atomic E-state index is 0.303. The summed E-state index contributed by atoms with van der Waals surface area (Å²) in [6, 6.07) is 5.90. The second-order valence-electron chi connectivity index (χ2n) is 6.00. The molecular formula is C18H17N5O. The van der Waals surface area contributed by atoms with Crippen LogP contribution in [-0.4, -0.2) is 31.7 Å². The van der Waals surface area contributed by atoms with Gasteiger partial charge in [-0.1, -0.05) is 25.0 Å². The number of ether oxygens (including phenoxy) is 1. The van der Waals surface area contributed by atoms with E-state index >= 15 is 0 Å². The van der Waals surface area contributed by atoms with Gasteiger partial charge in [-0.3, -0.25) is 4.57 Å². The molecule has 6 heteroatoms. The van der Waals surface area contributed by atoms with E-state index in [1.807, 2.05) is 29.2 Å². The zero-order valence-corrected chi connectivity index (χ0v) is 13.8. The molecule has 0 atom stereocenters. The second kappa shape index (κ2) is 5.53. The first-order chi connectivity index (χ1) is 11.7. The SMILES string of the molecule is COc1ccc2c(c1)-n1nncc1Cc1c(C#CC(C)C)ncn1-2. The van der Waals surface area contributed by atoms with Crippen LogP contribution in [0.2, 0.25) is 0 Å². The molecule has 0 saturated carbocycles. The summed E-state index contributed by atoms with van der Waals surface area (Å²) < 4.78 is 9.29. The van der Waals surface area contributed by atoms with Gasteiger partial charge in [0.1, 0.15) is 17.8 Å². The van der Waals surface area contributed by atoms with Crippen molar-refractivity contribution in [2.75, 3.05) is 7.11 Å². The molecule has 6 nitrogen and oxygen atoms in total. The Morgan fingerprint density at radius 3 is 2.92 bits per heavy atom. The zero-order chi connectivity index (χ0) is 16.7. The van der Waals surface area contributed by atoms with Crippen LogP contribution in [0.4, 0.5) is 0 Å². The first kappa shape index (κ1) is 14.5. The molecule has 1 aliphatic heterocycles. The van der Waals surface area contributed by atoms with Crippen LogP contribution in [0.3, 0.4) is 0 Å². The minimum Gasteiger partial charge on any atom is -0.497 e. The Hall–Kier alpha value is -3.07. The highest BCUT2D eigenvalue weighted by molar-refractivity contribution is 5.59. The Bertz CT molecular complexity index is 971. The quantitative estimate of drug-likeness (QED) is 0.505. The molecule has 0 bridgehead atoms. The van der Waals surface area contributed by atoms with Crippen molar-refractivity contribution in [2.24, 2.45) is 5.92 Å². The smallest absolute Gasteiger partial charge is 0.135 e. The monoisotopic (exact) mass is 319 g/mol. The Labute approximate surface area is 140 Å². The lowest BCUT2D eigenvalue weighted by Crippen LogP contribution is -2.03. The second-order valence-corrected chi connectivity index (χ2v) is 6.00. The summed E-state index contributed by atoms with van der Waals surface area (Å²) in [7, 11) is 1.66. The number of benzene rings is 1. The summed E-state index contributed by atoms with van der Waals surface area (Å²) in [5.41, 5.74) is 4.76. The lowest BCUT2D eigenvalue weighted by Gasteiger charge is -2.11. The van der Waals surface area contributed by atoms with Crippen molar-refractivity contribution in [1.82, 2.24) is 24.5 Å². The number of hydrogen-bond acceptors (Lipinski definition) is 4. The number of fused-ring (bicyclic) bond motifs is 5. The van der Waals surface area contributed by atoms with E-state index in [-0.39, 0.29) is 0 Å². The van der Waals surface area contributed by atoms with Crippen LogP contribution >= 0.6 is 0 Å². The van der Waals surface area contributed by atoms with E-state index in [1.54, 1.807) is 13.3 Å². The Kier molecular flexibility index (Phi) is 3.35.